The summed E-state index contributed by atoms with van der Waals surface area (Å²) in [5, 5.41) is 12.7. The first-order valence-electron chi connectivity index (χ1n) is 5.57. The Morgan fingerprint density at radius 1 is 1.06 bits per heavy atom. The fraction of sp³-hybridized carbons (Fsp3) is 0.143. The van der Waals surface area contributed by atoms with Crippen LogP contribution in [0.5, 0.6) is 5.75 Å². The molecule has 18 heavy (non-hydrogen) atoms. The molecule has 0 saturated heterocycles. The Bertz CT molecular complexity index is 540. The van der Waals surface area contributed by atoms with Gasteiger partial charge in [-0.1, -0.05) is 28.1 Å². The molecule has 0 heterocycles. The maximum absolute atomic E-state index is 9.27. The summed E-state index contributed by atoms with van der Waals surface area (Å²) in [6.07, 6.45) is 0. The van der Waals surface area contributed by atoms with Crippen molar-refractivity contribution in [1.82, 2.24) is 0 Å². The van der Waals surface area contributed by atoms with E-state index in [1.165, 1.54) is 0 Å². The van der Waals surface area contributed by atoms with Crippen LogP contribution < -0.4 is 5.32 Å². The number of anilines is 1. The summed E-state index contributed by atoms with van der Waals surface area (Å²) in [5.41, 5.74) is 2.17. The third kappa shape index (κ3) is 3.27. The van der Waals surface area contributed by atoms with Crippen LogP contribution in [0.15, 0.2) is 51.4 Å². The van der Waals surface area contributed by atoms with Crippen LogP contribution in [-0.4, -0.2) is 5.11 Å². The second-order valence-corrected chi connectivity index (χ2v) is 5.85. The Labute approximate surface area is 123 Å². The van der Waals surface area contributed by atoms with Crippen LogP contribution >= 0.6 is 31.9 Å². The topological polar surface area (TPSA) is 32.3 Å². The van der Waals surface area contributed by atoms with Gasteiger partial charge in [0.15, 0.2) is 0 Å². The first-order chi connectivity index (χ1) is 8.56. The molecule has 2 nitrogen and oxygen atoms in total. The van der Waals surface area contributed by atoms with Gasteiger partial charge >= 0.3 is 0 Å². The smallest absolute Gasteiger partial charge is 0.115 e. The van der Waals surface area contributed by atoms with Crippen LogP contribution in [0.25, 0.3) is 0 Å². The number of hydrogen-bond acceptors (Lipinski definition) is 2. The molecule has 1 unspecified atom stereocenters. The summed E-state index contributed by atoms with van der Waals surface area (Å²) in [6, 6.07) is 13.4. The molecule has 0 aliphatic carbocycles. The highest BCUT2D eigenvalue weighted by Crippen LogP contribution is 2.29. The molecule has 0 bridgehead atoms. The van der Waals surface area contributed by atoms with E-state index in [1.54, 1.807) is 12.1 Å². The first kappa shape index (κ1) is 13.4. The predicted octanol–water partition coefficient (Wildman–Crippen LogP) is 5.09. The van der Waals surface area contributed by atoms with Crippen LogP contribution in [0.1, 0.15) is 18.5 Å². The minimum absolute atomic E-state index is 0.170. The number of rotatable bonds is 3. The van der Waals surface area contributed by atoms with E-state index in [-0.39, 0.29) is 11.8 Å². The van der Waals surface area contributed by atoms with Crippen LogP contribution in [0.2, 0.25) is 0 Å². The van der Waals surface area contributed by atoms with Crippen LogP contribution in [0.3, 0.4) is 0 Å². The van der Waals surface area contributed by atoms with Gasteiger partial charge in [-0.25, -0.2) is 0 Å². The molecule has 0 spiro atoms. The van der Waals surface area contributed by atoms with Crippen molar-refractivity contribution in [2.45, 2.75) is 13.0 Å². The molecular weight excluding hydrogens is 358 g/mol. The van der Waals surface area contributed by atoms with Crippen LogP contribution in [0.4, 0.5) is 5.69 Å². The van der Waals surface area contributed by atoms with E-state index >= 15 is 0 Å². The van der Waals surface area contributed by atoms with Gasteiger partial charge in [-0.05, 0) is 58.7 Å². The standard InChI is InChI=1S/C14H13Br2NO/c1-9(10-2-5-12(18)6-3-10)17-14-7-4-11(15)8-13(14)16/h2-9,17-18H,1H3. The number of hydrogen-bond donors (Lipinski definition) is 2. The van der Waals surface area contributed by atoms with Gasteiger partial charge in [0.05, 0.1) is 0 Å². The molecule has 94 valence electrons. The molecule has 1 atom stereocenters. The lowest BCUT2D eigenvalue weighted by molar-refractivity contribution is 0.475. The van der Waals surface area contributed by atoms with E-state index < -0.39 is 0 Å². The van der Waals surface area contributed by atoms with Crippen molar-refractivity contribution in [1.29, 1.82) is 0 Å². The molecule has 0 aromatic heterocycles. The van der Waals surface area contributed by atoms with Gasteiger partial charge in [-0.3, -0.25) is 0 Å². The average molecular weight is 371 g/mol. The second-order valence-electron chi connectivity index (χ2n) is 4.08. The van der Waals surface area contributed by atoms with Gasteiger partial charge in [0.25, 0.3) is 0 Å². The fourth-order valence-corrected chi connectivity index (χ4v) is 2.85. The van der Waals surface area contributed by atoms with Gasteiger partial charge in [-0.15, -0.1) is 0 Å². The number of phenolic OH excluding ortho intramolecular Hbond substituents is 1. The summed E-state index contributed by atoms with van der Waals surface area (Å²) in [4.78, 5) is 0. The third-order valence-corrected chi connectivity index (χ3v) is 3.85. The Kier molecular flexibility index (Phi) is 4.30. The zero-order valence-corrected chi connectivity index (χ0v) is 13.0. The van der Waals surface area contributed by atoms with Crippen molar-refractivity contribution >= 4 is 37.5 Å². The molecular formula is C14H13Br2NO. The lowest BCUT2D eigenvalue weighted by Crippen LogP contribution is -2.06. The number of halogens is 2. The maximum atomic E-state index is 9.27. The SMILES string of the molecule is CC(Nc1ccc(Br)cc1Br)c1ccc(O)cc1. The molecule has 0 amide bonds. The van der Waals surface area contributed by atoms with Crippen molar-refractivity contribution in [2.75, 3.05) is 5.32 Å². The molecule has 0 aliphatic heterocycles. The predicted molar refractivity (Wildman–Crippen MR) is 82.0 cm³/mol. The first-order valence-corrected chi connectivity index (χ1v) is 7.15. The van der Waals surface area contributed by atoms with E-state index in [4.69, 9.17) is 0 Å². The number of aromatic hydroxyl groups is 1. The van der Waals surface area contributed by atoms with Gasteiger partial charge in [-0.2, -0.15) is 0 Å². The highest BCUT2D eigenvalue weighted by molar-refractivity contribution is 9.11. The maximum Gasteiger partial charge on any atom is 0.115 e. The number of benzene rings is 2. The van der Waals surface area contributed by atoms with Crippen molar-refractivity contribution in [3.63, 3.8) is 0 Å². The largest absolute Gasteiger partial charge is 0.508 e. The summed E-state index contributed by atoms with van der Waals surface area (Å²) in [7, 11) is 0. The minimum atomic E-state index is 0.170. The molecule has 2 aromatic carbocycles. The molecule has 2 rings (SSSR count). The van der Waals surface area contributed by atoms with Gasteiger partial charge in [0.1, 0.15) is 5.75 Å². The van der Waals surface area contributed by atoms with Crippen molar-refractivity contribution in [3.05, 3.63) is 57.0 Å². The summed E-state index contributed by atoms with van der Waals surface area (Å²) < 4.78 is 2.06. The Hall–Kier alpha value is -1.00. The third-order valence-electron chi connectivity index (χ3n) is 2.70. The molecule has 0 aliphatic rings. The van der Waals surface area contributed by atoms with E-state index in [1.807, 2.05) is 30.3 Å². The minimum Gasteiger partial charge on any atom is -0.508 e. The highest BCUT2D eigenvalue weighted by atomic mass is 79.9. The zero-order chi connectivity index (χ0) is 13.1. The molecule has 2 aromatic rings. The quantitative estimate of drug-likeness (QED) is 0.788. The second kappa shape index (κ2) is 5.76. The Balaban J connectivity index is 2.15. The Morgan fingerprint density at radius 3 is 2.33 bits per heavy atom. The van der Waals surface area contributed by atoms with Crippen molar-refractivity contribution in [2.24, 2.45) is 0 Å². The van der Waals surface area contributed by atoms with E-state index in [0.29, 0.717) is 0 Å². The molecule has 0 fully saturated rings. The zero-order valence-electron chi connectivity index (χ0n) is 9.82. The summed E-state index contributed by atoms with van der Waals surface area (Å²) in [5.74, 6) is 0.288. The van der Waals surface area contributed by atoms with Gasteiger partial charge in [0, 0.05) is 20.7 Å². The molecule has 2 N–H and O–H groups in total. The molecule has 0 saturated carbocycles. The molecule has 4 heteroatoms. The number of nitrogens with one attached hydrogen (secondary N) is 1. The molecule has 0 radical (unpaired) electrons. The Morgan fingerprint density at radius 2 is 1.72 bits per heavy atom. The van der Waals surface area contributed by atoms with Crippen LogP contribution in [-0.2, 0) is 0 Å². The average Bonchev–Trinajstić information content (AvgIpc) is 2.33. The summed E-state index contributed by atoms with van der Waals surface area (Å²) in [6.45, 7) is 2.08. The highest BCUT2D eigenvalue weighted by Gasteiger charge is 2.07. The van der Waals surface area contributed by atoms with Gasteiger partial charge < -0.3 is 10.4 Å². The fourth-order valence-electron chi connectivity index (χ4n) is 1.69. The van der Waals surface area contributed by atoms with Gasteiger partial charge in [0.2, 0.25) is 0 Å². The summed E-state index contributed by atoms with van der Waals surface area (Å²) >= 11 is 6.96. The monoisotopic (exact) mass is 369 g/mol. The van der Waals surface area contributed by atoms with E-state index in [0.717, 1.165) is 20.2 Å². The number of phenols is 1. The van der Waals surface area contributed by atoms with E-state index in [2.05, 4.69) is 44.1 Å². The lowest BCUT2D eigenvalue weighted by atomic mass is 10.1. The van der Waals surface area contributed by atoms with Crippen molar-refractivity contribution in [3.8, 4) is 5.75 Å². The van der Waals surface area contributed by atoms with Crippen molar-refractivity contribution < 1.29 is 5.11 Å². The lowest BCUT2D eigenvalue weighted by Gasteiger charge is -2.17. The normalized spacial score (nSPS) is 12.2. The van der Waals surface area contributed by atoms with E-state index in [9.17, 15) is 5.11 Å². The van der Waals surface area contributed by atoms with Crippen LogP contribution in [0, 0.1) is 0 Å².